The number of benzene rings is 3. The van der Waals surface area contributed by atoms with Gasteiger partial charge < -0.3 is 4.74 Å². The number of carbonyl (C=O) groups excluding carboxylic acids is 2. The van der Waals surface area contributed by atoms with Gasteiger partial charge in [0.15, 0.2) is 11.5 Å². The van der Waals surface area contributed by atoms with Gasteiger partial charge in [0.2, 0.25) is 9.84 Å². The minimum atomic E-state index is -3.94. The zero-order valence-electron chi connectivity index (χ0n) is 16.3. The van der Waals surface area contributed by atoms with Crippen LogP contribution in [0.15, 0.2) is 82.6 Å². The lowest BCUT2D eigenvalue weighted by molar-refractivity contribution is 0.0736. The van der Waals surface area contributed by atoms with E-state index in [2.05, 4.69) is 4.98 Å². The molecule has 1 aliphatic rings. The van der Waals surface area contributed by atoms with Crippen LogP contribution in [0.25, 0.3) is 10.9 Å². The molecule has 0 saturated carbocycles. The molecule has 6 nitrogen and oxygen atoms in total. The second-order valence-electron chi connectivity index (χ2n) is 7.21. The van der Waals surface area contributed by atoms with Crippen LogP contribution in [0, 0.1) is 6.92 Å². The van der Waals surface area contributed by atoms with Gasteiger partial charge >= 0.3 is 5.97 Å². The summed E-state index contributed by atoms with van der Waals surface area (Å²) >= 11 is 0. The monoisotopic (exact) mass is 429 g/mol. The smallest absolute Gasteiger partial charge is 0.343 e. The number of hydrogen-bond donors (Lipinski definition) is 0. The minimum Gasteiger partial charge on any atom is -0.421 e. The molecule has 0 atom stereocenters. The molecule has 0 aliphatic carbocycles. The van der Waals surface area contributed by atoms with Gasteiger partial charge in [-0.25, -0.2) is 18.2 Å². The maximum Gasteiger partial charge on any atom is 0.343 e. The lowest BCUT2D eigenvalue weighted by Crippen LogP contribution is -2.21. The third-order valence-electron chi connectivity index (χ3n) is 5.20. The van der Waals surface area contributed by atoms with Crippen LogP contribution < -0.4 is 4.74 Å². The number of para-hydroxylation sites is 1. The molecule has 2 heterocycles. The van der Waals surface area contributed by atoms with Crippen molar-refractivity contribution in [2.45, 2.75) is 16.7 Å². The van der Waals surface area contributed by atoms with Crippen LogP contribution in [0.4, 0.5) is 0 Å². The molecule has 1 aromatic heterocycles. The number of rotatable bonds is 2. The minimum absolute atomic E-state index is 0.0270. The molecule has 0 spiro atoms. The Morgan fingerprint density at radius 3 is 2.48 bits per heavy atom. The van der Waals surface area contributed by atoms with E-state index in [4.69, 9.17) is 4.74 Å². The highest BCUT2D eigenvalue weighted by atomic mass is 32.2. The van der Waals surface area contributed by atoms with Crippen molar-refractivity contribution in [2.24, 2.45) is 0 Å². The zero-order valence-corrected chi connectivity index (χ0v) is 17.1. The Bertz CT molecular complexity index is 1520. The number of sulfone groups is 1. The molecule has 0 N–H and O–H groups in total. The van der Waals surface area contributed by atoms with Crippen LogP contribution in [0.3, 0.4) is 0 Å². The van der Waals surface area contributed by atoms with E-state index in [9.17, 15) is 18.0 Å². The Labute approximate surface area is 178 Å². The first-order chi connectivity index (χ1) is 14.9. The Kier molecular flexibility index (Phi) is 4.23. The average molecular weight is 429 g/mol. The number of aromatic nitrogens is 1. The van der Waals surface area contributed by atoms with Gasteiger partial charge in [0.1, 0.15) is 5.52 Å². The van der Waals surface area contributed by atoms with Gasteiger partial charge in [0.05, 0.1) is 15.4 Å². The number of fused-ring (bicyclic) bond motifs is 3. The topological polar surface area (TPSA) is 90.4 Å². The van der Waals surface area contributed by atoms with E-state index in [0.717, 1.165) is 11.1 Å². The second kappa shape index (κ2) is 6.85. The normalized spacial score (nSPS) is 14.0. The van der Waals surface area contributed by atoms with Crippen molar-refractivity contribution in [3.8, 4) is 5.75 Å². The summed E-state index contributed by atoms with van der Waals surface area (Å²) in [4.78, 5) is 29.8. The fourth-order valence-electron chi connectivity index (χ4n) is 3.67. The lowest BCUT2D eigenvalue weighted by Gasteiger charge is -2.19. The predicted molar refractivity (Wildman–Crippen MR) is 113 cm³/mol. The summed E-state index contributed by atoms with van der Waals surface area (Å²) in [5.74, 6) is -0.859. The van der Waals surface area contributed by atoms with Crippen molar-refractivity contribution < 1.29 is 22.7 Å². The molecule has 4 aromatic rings. The van der Waals surface area contributed by atoms with E-state index in [1.165, 1.54) is 30.3 Å². The number of carbonyl (C=O) groups is 2. The average Bonchev–Trinajstić information content (AvgIpc) is 2.78. The summed E-state index contributed by atoms with van der Waals surface area (Å²) in [6, 6.07) is 19.0. The molecule has 31 heavy (non-hydrogen) atoms. The molecule has 152 valence electrons. The fourth-order valence-corrected chi connectivity index (χ4v) is 5.35. The first kappa shape index (κ1) is 19.1. The van der Waals surface area contributed by atoms with Crippen LogP contribution >= 0.6 is 0 Å². The molecule has 7 heteroatoms. The molecule has 0 amide bonds. The first-order valence-corrected chi connectivity index (χ1v) is 11.0. The summed E-state index contributed by atoms with van der Waals surface area (Å²) < 4.78 is 31.7. The van der Waals surface area contributed by atoms with Crippen molar-refractivity contribution in [1.29, 1.82) is 0 Å². The van der Waals surface area contributed by atoms with E-state index in [1.54, 1.807) is 24.3 Å². The maximum atomic E-state index is 13.1. The highest BCUT2D eigenvalue weighted by molar-refractivity contribution is 7.91. The quantitative estimate of drug-likeness (QED) is 0.309. The van der Waals surface area contributed by atoms with Crippen LogP contribution in [0.1, 0.15) is 32.0 Å². The van der Waals surface area contributed by atoms with E-state index < -0.39 is 21.6 Å². The van der Waals surface area contributed by atoms with Gasteiger partial charge in [0.25, 0.3) is 0 Å². The van der Waals surface area contributed by atoms with Crippen molar-refractivity contribution in [3.63, 3.8) is 0 Å². The van der Waals surface area contributed by atoms with Gasteiger partial charge in [-0.1, -0.05) is 30.3 Å². The molecule has 0 bridgehead atoms. The Morgan fingerprint density at radius 2 is 1.65 bits per heavy atom. The summed E-state index contributed by atoms with van der Waals surface area (Å²) in [6.07, 6.45) is 0. The molecule has 5 rings (SSSR count). The number of hydrogen-bond acceptors (Lipinski definition) is 6. The summed E-state index contributed by atoms with van der Waals surface area (Å²) in [5.41, 5.74) is 1.50. The fraction of sp³-hybridized carbons (Fsp3) is 0.0417. The van der Waals surface area contributed by atoms with E-state index in [0.29, 0.717) is 5.52 Å². The molecule has 0 unspecified atom stereocenters. The van der Waals surface area contributed by atoms with Crippen LogP contribution in [-0.2, 0) is 9.84 Å². The highest BCUT2D eigenvalue weighted by Crippen LogP contribution is 2.35. The Morgan fingerprint density at radius 1 is 0.871 bits per heavy atom. The van der Waals surface area contributed by atoms with E-state index >= 15 is 0 Å². The van der Waals surface area contributed by atoms with Crippen LogP contribution in [0.5, 0.6) is 5.75 Å². The number of esters is 1. The molecule has 0 fully saturated rings. The third-order valence-corrected chi connectivity index (χ3v) is 7.05. The van der Waals surface area contributed by atoms with Gasteiger partial charge in [-0.05, 0) is 49.4 Å². The number of nitrogens with zero attached hydrogens (tertiary/aromatic N) is 1. The van der Waals surface area contributed by atoms with Crippen LogP contribution in [0.2, 0.25) is 0 Å². The molecule has 0 radical (unpaired) electrons. The van der Waals surface area contributed by atoms with Gasteiger partial charge in [-0.15, -0.1) is 0 Å². The van der Waals surface area contributed by atoms with E-state index in [-0.39, 0.29) is 32.2 Å². The molecule has 1 aliphatic heterocycles. The maximum absolute atomic E-state index is 13.1. The summed E-state index contributed by atoms with van der Waals surface area (Å²) in [6.45, 7) is 1.83. The van der Waals surface area contributed by atoms with Gasteiger partial charge in [-0.2, -0.15) is 0 Å². The first-order valence-electron chi connectivity index (χ1n) is 9.48. The lowest BCUT2D eigenvalue weighted by atomic mass is 10.0. The SMILES string of the molecule is Cc1ccc2cccc(OC(=O)c3ccc4c(c3)S(=O)(=O)c3ccccc3C4=O)c2n1. The third kappa shape index (κ3) is 3.02. The van der Waals surface area contributed by atoms with Crippen molar-refractivity contribution in [1.82, 2.24) is 4.98 Å². The number of ether oxygens (including phenoxy) is 1. The number of ketones is 1. The van der Waals surface area contributed by atoms with Gasteiger partial charge in [0, 0.05) is 22.2 Å². The molecule has 0 saturated heterocycles. The number of aryl methyl sites for hydroxylation is 1. The number of pyridine rings is 1. The second-order valence-corrected chi connectivity index (χ2v) is 9.10. The largest absolute Gasteiger partial charge is 0.421 e. The summed E-state index contributed by atoms with van der Waals surface area (Å²) in [7, 11) is -3.94. The van der Waals surface area contributed by atoms with Crippen molar-refractivity contribution in [3.05, 3.63) is 95.2 Å². The molecular formula is C24H15NO5S. The van der Waals surface area contributed by atoms with Crippen LogP contribution in [-0.4, -0.2) is 25.2 Å². The molecule has 3 aromatic carbocycles. The highest BCUT2D eigenvalue weighted by Gasteiger charge is 2.35. The van der Waals surface area contributed by atoms with Crippen molar-refractivity contribution in [2.75, 3.05) is 0 Å². The van der Waals surface area contributed by atoms with Crippen molar-refractivity contribution >= 4 is 32.5 Å². The predicted octanol–water partition coefficient (Wildman–Crippen LogP) is 4.14. The van der Waals surface area contributed by atoms with E-state index in [1.807, 2.05) is 25.1 Å². The zero-order chi connectivity index (χ0) is 21.8. The standard InChI is InChI=1S/C24H15NO5S/c1-14-9-10-15-5-4-7-19(22(15)25-14)30-24(27)16-11-12-18-21(13-16)31(28,29)20-8-3-2-6-17(20)23(18)26/h2-13H,1H3. The Hall–Kier alpha value is -3.84. The molecular weight excluding hydrogens is 414 g/mol. The Balaban J connectivity index is 1.57. The van der Waals surface area contributed by atoms with Gasteiger partial charge in [-0.3, -0.25) is 4.79 Å². The summed E-state index contributed by atoms with van der Waals surface area (Å²) in [5, 5.41) is 0.811.